The fraction of sp³-hybridized carbons (Fsp3) is 0.733. The second-order valence-corrected chi connectivity index (χ2v) is 6.29. The van der Waals surface area contributed by atoms with Gasteiger partial charge in [0.05, 0.1) is 6.20 Å². The van der Waals surface area contributed by atoms with Crippen molar-refractivity contribution in [1.29, 1.82) is 0 Å². The van der Waals surface area contributed by atoms with Crippen LogP contribution in [0.25, 0.3) is 0 Å². The molecule has 2 rings (SSSR count). The molecule has 112 valence electrons. The molecule has 0 unspecified atom stereocenters. The number of nitrogens with one attached hydrogen (secondary N) is 1. The van der Waals surface area contributed by atoms with Crippen molar-refractivity contribution in [2.45, 2.75) is 52.5 Å². The van der Waals surface area contributed by atoms with Crippen molar-refractivity contribution in [3.63, 3.8) is 0 Å². The molecule has 1 aliphatic carbocycles. The van der Waals surface area contributed by atoms with Gasteiger partial charge >= 0.3 is 0 Å². The van der Waals surface area contributed by atoms with Gasteiger partial charge in [0, 0.05) is 19.1 Å². The van der Waals surface area contributed by atoms with Crippen LogP contribution in [0.2, 0.25) is 5.02 Å². The summed E-state index contributed by atoms with van der Waals surface area (Å²) in [5.41, 5.74) is 0. The van der Waals surface area contributed by atoms with E-state index in [1.54, 1.807) is 6.20 Å². The largest absolute Gasteiger partial charge is 0.354 e. The first-order valence-electron chi connectivity index (χ1n) is 7.64. The summed E-state index contributed by atoms with van der Waals surface area (Å²) in [5, 5.41) is 3.82. The molecular formula is C15H25ClN4. The molecule has 0 aromatic carbocycles. The molecule has 1 heterocycles. The van der Waals surface area contributed by atoms with Gasteiger partial charge in [0.15, 0.2) is 5.82 Å². The van der Waals surface area contributed by atoms with Gasteiger partial charge in [-0.2, -0.15) is 4.98 Å². The predicted octanol–water partition coefficient (Wildman–Crippen LogP) is 3.97. The Morgan fingerprint density at radius 3 is 2.70 bits per heavy atom. The van der Waals surface area contributed by atoms with Crippen molar-refractivity contribution in [3.05, 3.63) is 11.2 Å². The molecule has 5 heteroatoms. The van der Waals surface area contributed by atoms with Crippen LogP contribution in [0.1, 0.15) is 46.5 Å². The van der Waals surface area contributed by atoms with Crippen LogP contribution >= 0.6 is 11.6 Å². The van der Waals surface area contributed by atoms with Gasteiger partial charge in [0.1, 0.15) is 5.02 Å². The molecule has 1 saturated carbocycles. The van der Waals surface area contributed by atoms with E-state index in [1.165, 1.54) is 25.7 Å². The third-order valence-electron chi connectivity index (χ3n) is 3.66. The third-order valence-corrected chi connectivity index (χ3v) is 3.93. The first kappa shape index (κ1) is 15.4. The highest BCUT2D eigenvalue weighted by Crippen LogP contribution is 2.32. The Balaban J connectivity index is 2.28. The van der Waals surface area contributed by atoms with E-state index in [4.69, 9.17) is 11.6 Å². The Bertz CT molecular complexity index is 430. The molecule has 1 aliphatic rings. The molecule has 20 heavy (non-hydrogen) atoms. The van der Waals surface area contributed by atoms with Crippen molar-refractivity contribution in [1.82, 2.24) is 9.97 Å². The average molecular weight is 297 g/mol. The number of hydrogen-bond donors (Lipinski definition) is 1. The molecule has 0 atom stereocenters. The number of aromatic nitrogens is 2. The van der Waals surface area contributed by atoms with Crippen LogP contribution in [0, 0.1) is 5.92 Å². The van der Waals surface area contributed by atoms with Crippen LogP contribution in [-0.2, 0) is 0 Å². The van der Waals surface area contributed by atoms with Crippen molar-refractivity contribution >= 4 is 23.4 Å². The van der Waals surface area contributed by atoms with Crippen molar-refractivity contribution in [3.8, 4) is 0 Å². The quantitative estimate of drug-likeness (QED) is 0.862. The Hall–Kier alpha value is -1.03. The zero-order valence-corrected chi connectivity index (χ0v) is 13.5. The van der Waals surface area contributed by atoms with E-state index in [1.807, 2.05) is 6.92 Å². The molecule has 0 radical (unpaired) electrons. The van der Waals surface area contributed by atoms with Crippen LogP contribution in [-0.4, -0.2) is 29.1 Å². The monoisotopic (exact) mass is 296 g/mol. The average Bonchev–Trinajstić information content (AvgIpc) is 2.92. The lowest BCUT2D eigenvalue weighted by Gasteiger charge is -2.32. The maximum atomic E-state index is 6.36. The van der Waals surface area contributed by atoms with Gasteiger partial charge in [-0.25, -0.2) is 4.98 Å². The minimum Gasteiger partial charge on any atom is -0.354 e. The van der Waals surface area contributed by atoms with Gasteiger partial charge in [-0.1, -0.05) is 38.3 Å². The molecule has 0 spiro atoms. The zero-order valence-electron chi connectivity index (χ0n) is 12.7. The Morgan fingerprint density at radius 2 is 2.10 bits per heavy atom. The van der Waals surface area contributed by atoms with Crippen LogP contribution in [0.5, 0.6) is 0 Å². The normalized spacial score (nSPS) is 15.8. The second kappa shape index (κ2) is 7.11. The van der Waals surface area contributed by atoms with Gasteiger partial charge < -0.3 is 10.2 Å². The van der Waals surface area contributed by atoms with Gasteiger partial charge in [-0.3, -0.25) is 0 Å². The lowest BCUT2D eigenvalue weighted by Crippen LogP contribution is -2.37. The second-order valence-electron chi connectivity index (χ2n) is 5.88. The molecule has 1 fully saturated rings. The molecule has 0 aliphatic heterocycles. The molecule has 0 amide bonds. The fourth-order valence-corrected chi connectivity index (χ4v) is 3.02. The van der Waals surface area contributed by atoms with Crippen molar-refractivity contribution < 1.29 is 0 Å². The van der Waals surface area contributed by atoms with E-state index in [0.717, 1.165) is 18.9 Å². The summed E-state index contributed by atoms with van der Waals surface area (Å²) in [6.07, 6.45) is 6.81. The van der Waals surface area contributed by atoms with E-state index >= 15 is 0 Å². The lowest BCUT2D eigenvalue weighted by atomic mass is 10.1. The SMILES string of the molecule is CCNc1ncc(Cl)c(N(CC(C)C)C2CCCC2)n1. The number of hydrogen-bond acceptors (Lipinski definition) is 4. The molecule has 1 aromatic heterocycles. The number of halogens is 1. The molecule has 1 aromatic rings. The summed E-state index contributed by atoms with van der Waals surface area (Å²) >= 11 is 6.36. The van der Waals surface area contributed by atoms with Crippen LogP contribution in [0.4, 0.5) is 11.8 Å². The summed E-state index contributed by atoms with van der Waals surface area (Å²) in [5.74, 6) is 2.14. The first-order valence-corrected chi connectivity index (χ1v) is 8.02. The molecule has 4 nitrogen and oxygen atoms in total. The van der Waals surface area contributed by atoms with Crippen LogP contribution in [0.15, 0.2) is 6.20 Å². The van der Waals surface area contributed by atoms with Crippen LogP contribution in [0.3, 0.4) is 0 Å². The Morgan fingerprint density at radius 1 is 1.40 bits per heavy atom. The summed E-state index contributed by atoms with van der Waals surface area (Å²) in [4.78, 5) is 11.3. The fourth-order valence-electron chi connectivity index (χ4n) is 2.82. The molecule has 0 saturated heterocycles. The van der Waals surface area contributed by atoms with E-state index in [2.05, 4.69) is 34.0 Å². The van der Waals surface area contributed by atoms with Crippen LogP contribution < -0.4 is 10.2 Å². The minimum absolute atomic E-state index is 0.569. The summed E-state index contributed by atoms with van der Waals surface area (Å²) in [6.45, 7) is 8.33. The minimum atomic E-state index is 0.569. The highest BCUT2D eigenvalue weighted by molar-refractivity contribution is 6.32. The van der Waals surface area contributed by atoms with E-state index < -0.39 is 0 Å². The summed E-state index contributed by atoms with van der Waals surface area (Å²) in [7, 11) is 0. The van der Waals surface area contributed by atoms with E-state index in [0.29, 0.717) is 22.9 Å². The lowest BCUT2D eigenvalue weighted by molar-refractivity contribution is 0.531. The van der Waals surface area contributed by atoms with Gasteiger partial charge in [-0.05, 0) is 25.7 Å². The first-order chi connectivity index (χ1) is 9.61. The number of rotatable bonds is 6. The molecular weight excluding hydrogens is 272 g/mol. The van der Waals surface area contributed by atoms with Gasteiger partial charge in [-0.15, -0.1) is 0 Å². The standard InChI is InChI=1S/C15H25ClN4/c1-4-17-15-18-9-13(16)14(19-15)20(10-11(2)3)12-7-5-6-8-12/h9,11-12H,4-8,10H2,1-3H3,(H,17,18,19). The van der Waals surface area contributed by atoms with E-state index in [9.17, 15) is 0 Å². The van der Waals surface area contributed by atoms with Gasteiger partial charge in [0.25, 0.3) is 0 Å². The molecule has 0 bridgehead atoms. The maximum absolute atomic E-state index is 6.36. The zero-order chi connectivity index (χ0) is 14.5. The molecule has 1 N–H and O–H groups in total. The van der Waals surface area contributed by atoms with Crippen molar-refractivity contribution in [2.24, 2.45) is 5.92 Å². The number of nitrogens with zero attached hydrogens (tertiary/aromatic N) is 3. The maximum Gasteiger partial charge on any atom is 0.224 e. The number of anilines is 2. The topological polar surface area (TPSA) is 41.1 Å². The highest BCUT2D eigenvalue weighted by atomic mass is 35.5. The van der Waals surface area contributed by atoms with Gasteiger partial charge in [0.2, 0.25) is 5.95 Å². The summed E-state index contributed by atoms with van der Waals surface area (Å²) in [6, 6.07) is 0.569. The van der Waals surface area contributed by atoms with Crippen molar-refractivity contribution in [2.75, 3.05) is 23.3 Å². The Kier molecular flexibility index (Phi) is 5.46. The highest BCUT2D eigenvalue weighted by Gasteiger charge is 2.26. The van der Waals surface area contributed by atoms with E-state index in [-0.39, 0.29) is 0 Å². The smallest absolute Gasteiger partial charge is 0.224 e. The summed E-state index contributed by atoms with van der Waals surface area (Å²) < 4.78 is 0. The third kappa shape index (κ3) is 3.75. The Labute approximate surface area is 126 Å². The predicted molar refractivity (Wildman–Crippen MR) is 85.6 cm³/mol.